The van der Waals surface area contributed by atoms with Crippen LogP contribution in [-0.2, 0) is 11.2 Å². The van der Waals surface area contributed by atoms with Crippen LogP contribution in [0.15, 0.2) is 34.1 Å². The molecular formula is C17H18BrN3O4S. The van der Waals surface area contributed by atoms with Crippen LogP contribution >= 0.6 is 27.3 Å². The van der Waals surface area contributed by atoms with E-state index in [9.17, 15) is 14.9 Å². The highest BCUT2D eigenvalue weighted by molar-refractivity contribution is 9.11. The van der Waals surface area contributed by atoms with Gasteiger partial charge < -0.3 is 15.0 Å². The second kappa shape index (κ2) is 8.61. The van der Waals surface area contributed by atoms with Crippen molar-refractivity contribution in [3.8, 4) is 0 Å². The van der Waals surface area contributed by atoms with E-state index in [4.69, 9.17) is 4.74 Å². The molecule has 1 aliphatic heterocycles. The lowest BCUT2D eigenvalue weighted by Crippen LogP contribution is -2.36. The maximum Gasteiger partial charge on any atom is 0.293 e. The van der Waals surface area contributed by atoms with E-state index >= 15 is 0 Å². The van der Waals surface area contributed by atoms with E-state index < -0.39 is 4.92 Å². The van der Waals surface area contributed by atoms with Crippen LogP contribution in [-0.4, -0.2) is 43.7 Å². The smallest absolute Gasteiger partial charge is 0.293 e. The Balaban J connectivity index is 1.67. The summed E-state index contributed by atoms with van der Waals surface area (Å²) in [7, 11) is 0. The quantitative estimate of drug-likeness (QED) is 0.551. The molecule has 1 aromatic heterocycles. The first-order valence-corrected chi connectivity index (χ1v) is 9.79. The Hall–Kier alpha value is -1.97. The van der Waals surface area contributed by atoms with Gasteiger partial charge in [0.1, 0.15) is 5.69 Å². The minimum Gasteiger partial charge on any atom is -0.378 e. The summed E-state index contributed by atoms with van der Waals surface area (Å²) < 4.78 is 6.34. The molecule has 0 saturated carbocycles. The summed E-state index contributed by atoms with van der Waals surface area (Å²) in [6.07, 6.45) is 0.718. The van der Waals surface area contributed by atoms with Crippen LogP contribution in [0.25, 0.3) is 0 Å². The molecule has 1 aromatic carbocycles. The Morgan fingerprint density at radius 1 is 1.31 bits per heavy atom. The molecule has 2 aromatic rings. The van der Waals surface area contributed by atoms with Gasteiger partial charge in [-0.2, -0.15) is 0 Å². The molecule has 1 aliphatic rings. The van der Waals surface area contributed by atoms with E-state index in [1.807, 2.05) is 17.0 Å². The predicted molar refractivity (Wildman–Crippen MR) is 104 cm³/mol. The Morgan fingerprint density at radius 2 is 2.08 bits per heavy atom. The van der Waals surface area contributed by atoms with Crippen LogP contribution in [0.5, 0.6) is 0 Å². The number of benzene rings is 1. The summed E-state index contributed by atoms with van der Waals surface area (Å²) in [6, 6.07) is 8.60. The van der Waals surface area contributed by atoms with Crippen LogP contribution in [0.4, 0.5) is 11.4 Å². The molecule has 1 amide bonds. The second-order valence-electron chi connectivity index (χ2n) is 5.77. The highest BCUT2D eigenvalue weighted by Crippen LogP contribution is 2.30. The van der Waals surface area contributed by atoms with Gasteiger partial charge in [0.2, 0.25) is 0 Å². The van der Waals surface area contributed by atoms with E-state index in [1.54, 1.807) is 23.5 Å². The predicted octanol–water partition coefficient (Wildman–Crippen LogP) is 3.23. The Kier molecular flexibility index (Phi) is 6.23. The molecule has 1 saturated heterocycles. The lowest BCUT2D eigenvalue weighted by atomic mass is 10.1. The van der Waals surface area contributed by atoms with Crippen LogP contribution in [0.2, 0.25) is 0 Å². The number of hydrogen-bond acceptors (Lipinski definition) is 6. The number of nitrogens with zero attached hydrogens (tertiary/aromatic N) is 2. The fourth-order valence-electron chi connectivity index (χ4n) is 2.77. The van der Waals surface area contributed by atoms with Gasteiger partial charge >= 0.3 is 0 Å². The molecule has 3 rings (SSSR count). The van der Waals surface area contributed by atoms with Crippen molar-refractivity contribution in [2.24, 2.45) is 0 Å². The van der Waals surface area contributed by atoms with Gasteiger partial charge in [-0.25, -0.2) is 0 Å². The maximum atomic E-state index is 12.3. The molecule has 0 spiro atoms. The fourth-order valence-corrected chi connectivity index (χ4v) is 4.25. The zero-order chi connectivity index (χ0) is 18.5. The van der Waals surface area contributed by atoms with Gasteiger partial charge in [-0.15, -0.1) is 11.3 Å². The van der Waals surface area contributed by atoms with Gasteiger partial charge in [0.15, 0.2) is 0 Å². The van der Waals surface area contributed by atoms with Gasteiger partial charge in [-0.1, -0.05) is 0 Å². The second-order valence-corrected chi connectivity index (χ2v) is 8.32. The van der Waals surface area contributed by atoms with Gasteiger partial charge in [0.25, 0.3) is 11.6 Å². The number of amides is 1. The molecule has 0 aliphatic carbocycles. The average molecular weight is 440 g/mol. The molecule has 138 valence electrons. The molecular weight excluding hydrogens is 422 g/mol. The van der Waals surface area contributed by atoms with Crippen LogP contribution in [0, 0.1) is 10.1 Å². The number of carbonyl (C=O) groups is 1. The number of anilines is 1. The van der Waals surface area contributed by atoms with Crippen LogP contribution in [0.3, 0.4) is 0 Å². The molecule has 0 unspecified atom stereocenters. The number of ether oxygens (including phenoxy) is 1. The topological polar surface area (TPSA) is 84.7 Å². The third-order valence-electron chi connectivity index (χ3n) is 4.07. The first-order valence-electron chi connectivity index (χ1n) is 8.18. The van der Waals surface area contributed by atoms with Crippen molar-refractivity contribution in [2.45, 2.75) is 6.42 Å². The Morgan fingerprint density at radius 3 is 2.73 bits per heavy atom. The molecule has 0 radical (unpaired) electrons. The minimum absolute atomic E-state index is 0.0539. The zero-order valence-corrected chi connectivity index (χ0v) is 16.3. The lowest BCUT2D eigenvalue weighted by Gasteiger charge is -2.28. The molecule has 2 heterocycles. The van der Waals surface area contributed by atoms with E-state index in [0.29, 0.717) is 44.1 Å². The number of morpholine rings is 1. The SMILES string of the molecule is O=C(NCCc1ccc(Br)s1)c1ccc(N2CCOCC2)c([N+](=O)[O-])c1. The van der Waals surface area contributed by atoms with Gasteiger partial charge in [-0.3, -0.25) is 14.9 Å². The number of nitrogens with one attached hydrogen (secondary N) is 1. The normalized spacial score (nSPS) is 14.3. The monoisotopic (exact) mass is 439 g/mol. The lowest BCUT2D eigenvalue weighted by molar-refractivity contribution is -0.384. The number of nitro groups is 1. The first kappa shape index (κ1) is 18.8. The van der Waals surface area contributed by atoms with E-state index in [2.05, 4.69) is 21.2 Å². The minimum atomic E-state index is -0.440. The largest absolute Gasteiger partial charge is 0.378 e. The summed E-state index contributed by atoms with van der Waals surface area (Å²) in [5.74, 6) is -0.308. The van der Waals surface area contributed by atoms with Crippen molar-refractivity contribution in [1.82, 2.24) is 5.32 Å². The first-order chi connectivity index (χ1) is 12.5. The standard InChI is InChI=1S/C17H18BrN3O4S/c18-16-4-2-13(26-16)5-6-19-17(22)12-1-3-14(15(11-12)21(23)24)20-7-9-25-10-8-20/h1-4,11H,5-10H2,(H,19,22). The highest BCUT2D eigenvalue weighted by Gasteiger charge is 2.23. The number of hydrogen-bond donors (Lipinski definition) is 1. The van der Waals surface area contributed by atoms with Gasteiger partial charge in [-0.05, 0) is 46.6 Å². The van der Waals surface area contributed by atoms with E-state index in [0.717, 1.165) is 15.1 Å². The van der Waals surface area contributed by atoms with Crippen molar-refractivity contribution >= 4 is 44.5 Å². The number of rotatable bonds is 6. The van der Waals surface area contributed by atoms with E-state index in [-0.39, 0.29) is 11.6 Å². The van der Waals surface area contributed by atoms with Crippen LogP contribution < -0.4 is 10.2 Å². The number of thiophene rings is 1. The Labute approximate surface area is 163 Å². The molecule has 26 heavy (non-hydrogen) atoms. The Bertz CT molecular complexity index is 805. The summed E-state index contributed by atoms with van der Waals surface area (Å²) in [5, 5.41) is 14.3. The highest BCUT2D eigenvalue weighted by atomic mass is 79.9. The third-order valence-corrected chi connectivity index (χ3v) is 5.76. The van der Waals surface area contributed by atoms with Crippen molar-refractivity contribution in [2.75, 3.05) is 37.7 Å². The van der Waals surface area contributed by atoms with Crippen molar-refractivity contribution in [3.63, 3.8) is 0 Å². The van der Waals surface area contributed by atoms with Gasteiger partial charge in [0.05, 0.1) is 21.9 Å². The van der Waals surface area contributed by atoms with Gasteiger partial charge in [0, 0.05) is 36.1 Å². The van der Waals surface area contributed by atoms with Crippen molar-refractivity contribution in [3.05, 3.63) is 54.7 Å². The maximum absolute atomic E-state index is 12.3. The third kappa shape index (κ3) is 4.60. The van der Waals surface area contributed by atoms with Crippen molar-refractivity contribution < 1.29 is 14.5 Å². The zero-order valence-electron chi connectivity index (χ0n) is 13.9. The average Bonchev–Trinajstić information content (AvgIpc) is 3.07. The summed E-state index contributed by atoms with van der Waals surface area (Å²) in [6.45, 7) is 2.76. The summed E-state index contributed by atoms with van der Waals surface area (Å²) in [4.78, 5) is 26.4. The molecule has 9 heteroatoms. The van der Waals surface area contributed by atoms with E-state index in [1.165, 1.54) is 6.07 Å². The molecule has 0 bridgehead atoms. The number of halogens is 1. The molecule has 0 atom stereocenters. The molecule has 1 fully saturated rings. The van der Waals surface area contributed by atoms with Crippen molar-refractivity contribution in [1.29, 1.82) is 0 Å². The molecule has 1 N–H and O–H groups in total. The summed E-state index contributed by atoms with van der Waals surface area (Å²) >= 11 is 5.03. The molecule has 7 nitrogen and oxygen atoms in total. The number of nitro benzene ring substituents is 1. The summed E-state index contributed by atoms with van der Waals surface area (Å²) in [5.41, 5.74) is 0.765. The van der Waals surface area contributed by atoms with Crippen LogP contribution in [0.1, 0.15) is 15.2 Å². The number of carbonyl (C=O) groups excluding carboxylic acids is 1. The fraction of sp³-hybridized carbons (Fsp3) is 0.353.